The van der Waals surface area contributed by atoms with Gasteiger partial charge < -0.3 is 10.1 Å². The van der Waals surface area contributed by atoms with Gasteiger partial charge in [-0.25, -0.2) is 4.98 Å². The van der Waals surface area contributed by atoms with Gasteiger partial charge >= 0.3 is 0 Å². The van der Waals surface area contributed by atoms with Crippen LogP contribution in [0.4, 0.5) is 0 Å². The number of rotatable bonds is 5. The molecule has 0 aliphatic carbocycles. The highest BCUT2D eigenvalue weighted by Gasteiger charge is 2.11. The molecular weight excluding hydrogens is 244 g/mol. The largest absolute Gasteiger partial charge is 0.497 e. The summed E-state index contributed by atoms with van der Waals surface area (Å²) in [5.41, 5.74) is 2.13. The molecule has 2 rings (SSSR count). The number of likely N-dealkylation sites (N-methyl/N-ethyl adjacent to an activating group) is 1. The number of ether oxygens (including phenoxy) is 1. The normalized spacial score (nSPS) is 12.4. The highest BCUT2D eigenvalue weighted by molar-refractivity contribution is 7.10. The Hall–Kier alpha value is -1.39. The third-order valence-electron chi connectivity index (χ3n) is 2.82. The zero-order valence-corrected chi connectivity index (χ0v) is 11.8. The molecule has 0 fully saturated rings. The number of hydrogen-bond acceptors (Lipinski definition) is 4. The number of benzene rings is 1. The van der Waals surface area contributed by atoms with Crippen LogP contribution in [0.2, 0.25) is 0 Å². The van der Waals surface area contributed by atoms with Crippen molar-refractivity contribution in [3.8, 4) is 17.0 Å². The maximum absolute atomic E-state index is 5.23. The van der Waals surface area contributed by atoms with Crippen LogP contribution in [-0.4, -0.2) is 25.7 Å². The lowest BCUT2D eigenvalue weighted by Gasteiger charge is -2.06. The van der Waals surface area contributed by atoms with Gasteiger partial charge in [-0.05, 0) is 19.2 Å². The number of hydrogen-bond donors (Lipinski definition) is 1. The van der Waals surface area contributed by atoms with Gasteiger partial charge in [0.1, 0.15) is 5.75 Å². The predicted molar refractivity (Wildman–Crippen MR) is 76.4 cm³/mol. The Balaban J connectivity index is 2.23. The predicted octanol–water partition coefficient (Wildman–Crippen LogP) is 3.14. The Morgan fingerprint density at radius 2 is 2.28 bits per heavy atom. The minimum absolute atomic E-state index is 0.444. The van der Waals surface area contributed by atoms with Crippen LogP contribution in [0.15, 0.2) is 29.6 Å². The summed E-state index contributed by atoms with van der Waals surface area (Å²) in [6.45, 7) is 3.13. The SMILES string of the molecule is CNCC(C)c1nc(-c2cccc(OC)c2)cs1. The number of nitrogens with one attached hydrogen (secondary N) is 1. The van der Waals surface area contributed by atoms with Gasteiger partial charge in [0.05, 0.1) is 17.8 Å². The van der Waals surface area contributed by atoms with Gasteiger partial charge in [-0.3, -0.25) is 0 Å². The number of nitrogens with zero attached hydrogens (tertiary/aromatic N) is 1. The second-order valence-electron chi connectivity index (χ2n) is 4.26. The lowest BCUT2D eigenvalue weighted by atomic mass is 10.1. The number of thiazole rings is 1. The van der Waals surface area contributed by atoms with Crippen LogP contribution in [0.1, 0.15) is 17.8 Å². The molecule has 0 saturated carbocycles. The molecule has 1 aromatic carbocycles. The molecule has 96 valence electrons. The van der Waals surface area contributed by atoms with Crippen molar-refractivity contribution in [2.24, 2.45) is 0 Å². The molecule has 3 nitrogen and oxygen atoms in total. The fourth-order valence-corrected chi connectivity index (χ4v) is 2.71. The highest BCUT2D eigenvalue weighted by Crippen LogP contribution is 2.28. The fraction of sp³-hybridized carbons (Fsp3) is 0.357. The van der Waals surface area contributed by atoms with E-state index in [1.165, 1.54) is 5.01 Å². The summed E-state index contributed by atoms with van der Waals surface area (Å²) in [6, 6.07) is 8.01. The molecule has 0 aliphatic rings. The van der Waals surface area contributed by atoms with E-state index in [2.05, 4.69) is 23.7 Å². The molecule has 0 aliphatic heterocycles. The van der Waals surface area contributed by atoms with Gasteiger partial charge in [0.15, 0.2) is 0 Å². The van der Waals surface area contributed by atoms with Crippen molar-refractivity contribution in [3.05, 3.63) is 34.7 Å². The number of methoxy groups -OCH3 is 1. The molecule has 18 heavy (non-hydrogen) atoms. The van der Waals surface area contributed by atoms with E-state index in [0.29, 0.717) is 5.92 Å². The quantitative estimate of drug-likeness (QED) is 0.899. The summed E-state index contributed by atoms with van der Waals surface area (Å²) in [5.74, 6) is 1.31. The average molecular weight is 262 g/mol. The standard InChI is InChI=1S/C14H18N2OS/c1-10(8-15-2)14-16-13(9-18-14)11-5-4-6-12(7-11)17-3/h4-7,9-10,15H,8H2,1-3H3. The molecule has 0 bridgehead atoms. The maximum Gasteiger partial charge on any atom is 0.119 e. The van der Waals surface area contributed by atoms with Crippen molar-refractivity contribution in [1.82, 2.24) is 10.3 Å². The van der Waals surface area contributed by atoms with Crippen molar-refractivity contribution < 1.29 is 4.74 Å². The van der Waals surface area contributed by atoms with Crippen molar-refractivity contribution in [2.45, 2.75) is 12.8 Å². The van der Waals surface area contributed by atoms with Gasteiger partial charge in [-0.15, -0.1) is 11.3 Å². The van der Waals surface area contributed by atoms with E-state index in [-0.39, 0.29) is 0 Å². The smallest absolute Gasteiger partial charge is 0.119 e. The minimum Gasteiger partial charge on any atom is -0.497 e. The first-order valence-electron chi connectivity index (χ1n) is 5.99. The van der Waals surface area contributed by atoms with E-state index in [4.69, 9.17) is 9.72 Å². The number of aromatic nitrogens is 1. The van der Waals surface area contributed by atoms with Crippen LogP contribution in [0.3, 0.4) is 0 Å². The van der Waals surface area contributed by atoms with Crippen molar-refractivity contribution in [1.29, 1.82) is 0 Å². The van der Waals surface area contributed by atoms with Crippen LogP contribution in [0.5, 0.6) is 5.75 Å². The third-order valence-corrected chi connectivity index (χ3v) is 3.90. The molecule has 0 saturated heterocycles. The van der Waals surface area contributed by atoms with Crippen LogP contribution >= 0.6 is 11.3 Å². The van der Waals surface area contributed by atoms with E-state index < -0.39 is 0 Å². The first-order chi connectivity index (χ1) is 8.74. The van der Waals surface area contributed by atoms with Gasteiger partial charge in [-0.1, -0.05) is 19.1 Å². The summed E-state index contributed by atoms with van der Waals surface area (Å²) in [6.07, 6.45) is 0. The van der Waals surface area contributed by atoms with E-state index in [1.54, 1.807) is 18.4 Å². The van der Waals surface area contributed by atoms with E-state index in [9.17, 15) is 0 Å². The molecule has 1 atom stereocenters. The van der Waals surface area contributed by atoms with Crippen molar-refractivity contribution >= 4 is 11.3 Å². The molecule has 2 aromatic rings. The summed E-state index contributed by atoms with van der Waals surface area (Å²) in [4.78, 5) is 4.70. The lowest BCUT2D eigenvalue weighted by Crippen LogP contribution is -2.14. The van der Waals surface area contributed by atoms with Gasteiger partial charge in [0.25, 0.3) is 0 Å². The van der Waals surface area contributed by atoms with Gasteiger partial charge in [-0.2, -0.15) is 0 Å². The topological polar surface area (TPSA) is 34.2 Å². The summed E-state index contributed by atoms with van der Waals surface area (Å²) in [7, 11) is 3.65. The zero-order chi connectivity index (χ0) is 13.0. The lowest BCUT2D eigenvalue weighted by molar-refractivity contribution is 0.415. The van der Waals surface area contributed by atoms with Gasteiger partial charge in [0, 0.05) is 23.4 Å². The fourth-order valence-electron chi connectivity index (χ4n) is 1.82. The molecule has 1 N–H and O–H groups in total. The Kier molecular flexibility index (Phi) is 4.33. The molecule has 1 heterocycles. The summed E-state index contributed by atoms with van der Waals surface area (Å²) >= 11 is 1.71. The van der Waals surface area contributed by atoms with E-state index in [1.807, 2.05) is 25.2 Å². The van der Waals surface area contributed by atoms with Crippen molar-refractivity contribution in [2.75, 3.05) is 20.7 Å². The van der Waals surface area contributed by atoms with Crippen LogP contribution in [-0.2, 0) is 0 Å². The molecule has 0 radical (unpaired) electrons. The molecule has 0 amide bonds. The van der Waals surface area contributed by atoms with E-state index in [0.717, 1.165) is 23.6 Å². The van der Waals surface area contributed by atoms with Crippen LogP contribution in [0, 0.1) is 0 Å². The van der Waals surface area contributed by atoms with Crippen LogP contribution < -0.4 is 10.1 Å². The second-order valence-corrected chi connectivity index (χ2v) is 5.15. The Bertz CT molecular complexity index is 510. The molecule has 0 spiro atoms. The highest BCUT2D eigenvalue weighted by atomic mass is 32.1. The molecule has 4 heteroatoms. The summed E-state index contributed by atoms with van der Waals surface area (Å²) < 4.78 is 5.23. The van der Waals surface area contributed by atoms with Crippen LogP contribution in [0.25, 0.3) is 11.3 Å². The average Bonchev–Trinajstić information content (AvgIpc) is 2.89. The van der Waals surface area contributed by atoms with Gasteiger partial charge in [0.2, 0.25) is 0 Å². The van der Waals surface area contributed by atoms with Crippen molar-refractivity contribution in [3.63, 3.8) is 0 Å². The Morgan fingerprint density at radius 1 is 1.44 bits per heavy atom. The first kappa shape index (κ1) is 13.1. The molecule has 1 aromatic heterocycles. The minimum atomic E-state index is 0.444. The first-order valence-corrected chi connectivity index (χ1v) is 6.87. The monoisotopic (exact) mass is 262 g/mol. The molecular formula is C14H18N2OS. The maximum atomic E-state index is 5.23. The zero-order valence-electron chi connectivity index (χ0n) is 10.9. The second kappa shape index (κ2) is 5.98. The Morgan fingerprint density at radius 3 is 3.00 bits per heavy atom. The molecule has 1 unspecified atom stereocenters. The van der Waals surface area contributed by atoms with E-state index >= 15 is 0 Å². The third kappa shape index (κ3) is 2.89. The Labute approximate surface area is 112 Å². The summed E-state index contributed by atoms with van der Waals surface area (Å²) in [5, 5.41) is 6.46.